The van der Waals surface area contributed by atoms with E-state index in [2.05, 4.69) is 0 Å². The van der Waals surface area contributed by atoms with E-state index in [9.17, 15) is 31.1 Å². The lowest BCUT2D eigenvalue weighted by molar-refractivity contribution is -0.141. The third-order valence-electron chi connectivity index (χ3n) is 2.73. The number of nitrogens with one attached hydrogen (secondary N) is 1. The largest absolute Gasteiger partial charge is 0.431 e. The van der Waals surface area contributed by atoms with Crippen molar-refractivity contribution in [2.75, 3.05) is 0 Å². The Morgan fingerprint density at radius 2 is 1.38 bits per heavy atom. The number of hydrogen-bond acceptors (Lipinski definition) is 1. The lowest BCUT2D eigenvalue weighted by Crippen LogP contribution is -2.18. The predicted molar refractivity (Wildman–Crippen MR) is 62.5 cm³/mol. The van der Waals surface area contributed by atoms with Crippen molar-refractivity contribution >= 4 is 0 Å². The Hall–Kier alpha value is -2.25. The maximum Gasteiger partial charge on any atom is 0.431 e. The van der Waals surface area contributed by atoms with E-state index in [1.807, 2.05) is 0 Å². The van der Waals surface area contributed by atoms with Gasteiger partial charge >= 0.3 is 12.4 Å². The van der Waals surface area contributed by atoms with Crippen molar-refractivity contribution in [3.05, 3.63) is 58.0 Å². The van der Waals surface area contributed by atoms with Crippen molar-refractivity contribution in [3.8, 4) is 11.1 Å². The molecule has 0 radical (unpaired) electrons. The average molecular weight is 307 g/mol. The van der Waals surface area contributed by atoms with Gasteiger partial charge in [-0.15, -0.1) is 0 Å². The van der Waals surface area contributed by atoms with Crippen molar-refractivity contribution in [1.29, 1.82) is 0 Å². The molecule has 2 aromatic rings. The molecule has 1 N–H and O–H groups in total. The summed E-state index contributed by atoms with van der Waals surface area (Å²) in [4.78, 5) is 12.6. The minimum atomic E-state index is -4.98. The van der Waals surface area contributed by atoms with Crippen LogP contribution in [0.5, 0.6) is 0 Å². The van der Waals surface area contributed by atoms with Crippen LogP contribution in [0, 0.1) is 0 Å². The molecular formula is C13H7F6NO. The van der Waals surface area contributed by atoms with Gasteiger partial charge in [-0.1, -0.05) is 18.2 Å². The van der Waals surface area contributed by atoms with Crippen molar-refractivity contribution < 1.29 is 26.3 Å². The van der Waals surface area contributed by atoms with Crippen LogP contribution < -0.4 is 5.56 Å². The minimum absolute atomic E-state index is 0.645. The SMILES string of the molecule is O=c1ccc(-c2ccccc2C(F)(F)F)c(C(F)(F)F)[nH]1. The fourth-order valence-corrected chi connectivity index (χ4v) is 1.89. The van der Waals surface area contributed by atoms with E-state index < -0.39 is 40.3 Å². The Kier molecular flexibility index (Phi) is 3.56. The molecular weight excluding hydrogens is 300 g/mol. The number of H-pyrrole nitrogens is 1. The maximum absolute atomic E-state index is 12.9. The fourth-order valence-electron chi connectivity index (χ4n) is 1.89. The van der Waals surface area contributed by atoms with Crippen molar-refractivity contribution in [1.82, 2.24) is 4.98 Å². The molecule has 0 saturated heterocycles. The molecule has 0 spiro atoms. The number of aromatic amines is 1. The summed E-state index contributed by atoms with van der Waals surface area (Å²) < 4.78 is 77.3. The lowest BCUT2D eigenvalue weighted by atomic mass is 9.98. The van der Waals surface area contributed by atoms with Crippen LogP contribution in [0.25, 0.3) is 11.1 Å². The summed E-state index contributed by atoms with van der Waals surface area (Å²) in [5.41, 5.74) is -5.13. The van der Waals surface area contributed by atoms with Gasteiger partial charge in [0, 0.05) is 11.6 Å². The number of halogens is 6. The first-order valence-electron chi connectivity index (χ1n) is 5.58. The first-order chi connectivity index (χ1) is 9.60. The topological polar surface area (TPSA) is 32.9 Å². The Balaban J connectivity index is 2.78. The summed E-state index contributed by atoms with van der Waals surface area (Å²) in [6, 6.07) is 5.34. The van der Waals surface area contributed by atoms with E-state index in [1.165, 1.54) is 6.07 Å². The number of pyridine rings is 1. The second-order valence-corrected chi connectivity index (χ2v) is 4.15. The smallest absolute Gasteiger partial charge is 0.318 e. The van der Waals surface area contributed by atoms with Gasteiger partial charge in [-0.2, -0.15) is 26.3 Å². The van der Waals surface area contributed by atoms with Crippen LogP contribution >= 0.6 is 0 Å². The van der Waals surface area contributed by atoms with Gasteiger partial charge in [-0.05, 0) is 17.7 Å². The van der Waals surface area contributed by atoms with E-state index in [4.69, 9.17) is 0 Å². The summed E-state index contributed by atoms with van der Waals surface area (Å²) in [5.74, 6) is 0. The van der Waals surface area contributed by atoms with Crippen LogP contribution in [0.4, 0.5) is 26.3 Å². The molecule has 1 aromatic heterocycles. The van der Waals surface area contributed by atoms with Crippen LogP contribution in [-0.4, -0.2) is 4.98 Å². The molecule has 0 atom stereocenters. The van der Waals surface area contributed by atoms with Crippen LogP contribution in [-0.2, 0) is 12.4 Å². The highest BCUT2D eigenvalue weighted by atomic mass is 19.4. The molecule has 0 amide bonds. The molecule has 0 fully saturated rings. The molecule has 1 heterocycles. The van der Waals surface area contributed by atoms with Crippen molar-refractivity contribution in [2.45, 2.75) is 12.4 Å². The highest BCUT2D eigenvalue weighted by Gasteiger charge is 2.38. The Morgan fingerprint density at radius 3 is 1.95 bits per heavy atom. The normalized spacial score (nSPS) is 12.5. The summed E-state index contributed by atoms with van der Waals surface area (Å²) in [6.45, 7) is 0. The van der Waals surface area contributed by atoms with Crippen molar-refractivity contribution in [2.24, 2.45) is 0 Å². The van der Waals surface area contributed by atoms with E-state index in [0.29, 0.717) is 6.07 Å². The van der Waals surface area contributed by atoms with E-state index >= 15 is 0 Å². The van der Waals surface area contributed by atoms with Crippen LogP contribution in [0.2, 0.25) is 0 Å². The highest BCUT2D eigenvalue weighted by molar-refractivity contribution is 5.70. The highest BCUT2D eigenvalue weighted by Crippen LogP contribution is 2.41. The number of alkyl halides is 6. The van der Waals surface area contributed by atoms with E-state index in [0.717, 1.165) is 24.3 Å². The summed E-state index contributed by atoms with van der Waals surface area (Å²) in [6.07, 6.45) is -9.79. The second-order valence-electron chi connectivity index (χ2n) is 4.15. The molecule has 0 bridgehead atoms. The Morgan fingerprint density at radius 1 is 0.762 bits per heavy atom. The molecule has 1 aromatic carbocycles. The number of rotatable bonds is 1. The van der Waals surface area contributed by atoms with Gasteiger partial charge in [0.1, 0.15) is 5.69 Å². The first kappa shape index (κ1) is 15.1. The van der Waals surface area contributed by atoms with Gasteiger partial charge in [0.15, 0.2) is 0 Å². The summed E-state index contributed by atoms with van der Waals surface area (Å²) in [7, 11) is 0. The number of benzene rings is 1. The molecule has 8 heteroatoms. The molecule has 0 aliphatic heterocycles. The van der Waals surface area contributed by atoms with Crippen LogP contribution in [0.15, 0.2) is 41.2 Å². The van der Waals surface area contributed by atoms with Crippen LogP contribution in [0.3, 0.4) is 0 Å². The zero-order chi connectivity index (χ0) is 15.8. The zero-order valence-electron chi connectivity index (χ0n) is 10.1. The molecule has 21 heavy (non-hydrogen) atoms. The maximum atomic E-state index is 12.9. The summed E-state index contributed by atoms with van der Waals surface area (Å²) >= 11 is 0. The van der Waals surface area contributed by atoms with Gasteiger partial charge in [-0.3, -0.25) is 4.79 Å². The van der Waals surface area contributed by atoms with Crippen molar-refractivity contribution in [3.63, 3.8) is 0 Å². The van der Waals surface area contributed by atoms with Crippen LogP contribution in [0.1, 0.15) is 11.3 Å². The standard InChI is InChI=1S/C13H7F6NO/c14-12(15,16)9-4-2-1-3-7(9)8-5-6-10(21)20-11(8)13(17,18)19/h1-6H,(H,20,21). The van der Waals surface area contributed by atoms with Gasteiger partial charge in [0.2, 0.25) is 5.56 Å². The van der Waals surface area contributed by atoms with E-state index in [-0.39, 0.29) is 0 Å². The number of aromatic nitrogens is 1. The molecule has 2 nitrogen and oxygen atoms in total. The number of hydrogen-bond donors (Lipinski definition) is 1. The first-order valence-corrected chi connectivity index (χ1v) is 5.58. The minimum Gasteiger partial charge on any atom is -0.318 e. The fraction of sp³-hybridized carbons (Fsp3) is 0.154. The second kappa shape index (κ2) is 4.94. The monoisotopic (exact) mass is 307 g/mol. The van der Waals surface area contributed by atoms with Gasteiger partial charge in [0.05, 0.1) is 5.56 Å². The zero-order valence-corrected chi connectivity index (χ0v) is 10.1. The van der Waals surface area contributed by atoms with Gasteiger partial charge in [-0.25, -0.2) is 0 Å². The molecule has 0 aliphatic carbocycles. The molecule has 2 rings (SSSR count). The van der Waals surface area contributed by atoms with Gasteiger partial charge in [0.25, 0.3) is 0 Å². The average Bonchev–Trinajstić information content (AvgIpc) is 2.36. The summed E-state index contributed by atoms with van der Waals surface area (Å²) in [5, 5.41) is 0. The Bertz CT molecular complexity index is 714. The molecule has 112 valence electrons. The molecule has 0 aliphatic rings. The third kappa shape index (κ3) is 3.09. The lowest BCUT2D eigenvalue weighted by Gasteiger charge is -2.16. The third-order valence-corrected chi connectivity index (χ3v) is 2.73. The Labute approximate surface area is 114 Å². The van der Waals surface area contributed by atoms with E-state index in [1.54, 1.807) is 4.98 Å². The van der Waals surface area contributed by atoms with Gasteiger partial charge < -0.3 is 4.98 Å². The molecule has 0 saturated carbocycles. The molecule has 0 unspecified atom stereocenters. The predicted octanol–water partition coefficient (Wildman–Crippen LogP) is 4.08. The quantitative estimate of drug-likeness (QED) is 0.791.